The molecule has 1 heterocycles. The first-order valence-corrected chi connectivity index (χ1v) is 6.63. The van der Waals surface area contributed by atoms with Crippen LogP contribution in [0.25, 0.3) is 6.08 Å². The maximum Gasteiger partial charge on any atom is 0.379 e. The van der Waals surface area contributed by atoms with Crippen LogP contribution in [0.2, 0.25) is 0 Å². The number of ketones is 1. The number of pyridine rings is 1. The number of hydrogen-bond acceptors (Lipinski definition) is 6. The van der Waals surface area contributed by atoms with E-state index in [1.54, 1.807) is 20.2 Å². The van der Waals surface area contributed by atoms with Gasteiger partial charge in [-0.3, -0.25) is 4.79 Å². The van der Waals surface area contributed by atoms with Crippen molar-refractivity contribution in [2.45, 2.75) is 6.92 Å². The Morgan fingerprint density at radius 1 is 1.38 bits per heavy atom. The van der Waals surface area contributed by atoms with Crippen LogP contribution in [0, 0.1) is 0 Å². The normalized spacial score (nSPS) is 10.6. The van der Waals surface area contributed by atoms with Crippen LogP contribution in [0.3, 0.4) is 0 Å². The van der Waals surface area contributed by atoms with E-state index >= 15 is 0 Å². The Balaban J connectivity index is 2.62. The van der Waals surface area contributed by atoms with Crippen molar-refractivity contribution in [1.29, 1.82) is 0 Å². The quantitative estimate of drug-likeness (QED) is 0.409. The van der Waals surface area contributed by atoms with Gasteiger partial charge in [0.25, 0.3) is 5.78 Å². The molecule has 1 aromatic heterocycles. The van der Waals surface area contributed by atoms with Gasteiger partial charge < -0.3 is 14.4 Å². The molecule has 0 N–H and O–H groups in total. The maximum absolute atomic E-state index is 11.4. The fourth-order valence-electron chi connectivity index (χ4n) is 1.51. The topological polar surface area (TPSA) is 68.7 Å². The molecule has 0 aliphatic carbocycles. The summed E-state index contributed by atoms with van der Waals surface area (Å²) in [6.45, 7) is 3.19. The Bertz CT molecular complexity index is 497. The molecule has 6 nitrogen and oxygen atoms in total. The fraction of sp³-hybridized carbons (Fsp3) is 0.400. The first-order chi connectivity index (χ1) is 10.1. The largest absolute Gasteiger partial charge is 0.460 e. The third-order valence-corrected chi connectivity index (χ3v) is 2.70. The van der Waals surface area contributed by atoms with E-state index in [1.807, 2.05) is 24.1 Å². The number of esters is 1. The SMILES string of the molecule is CCOC(=O)C(=O)/C=C/c1ccc(N(C)CCOC)nc1. The van der Waals surface area contributed by atoms with Crippen LogP contribution in [0.1, 0.15) is 12.5 Å². The third-order valence-electron chi connectivity index (χ3n) is 2.70. The summed E-state index contributed by atoms with van der Waals surface area (Å²) in [5.41, 5.74) is 0.733. The molecule has 0 saturated heterocycles. The molecular formula is C15H20N2O4. The molecule has 1 rings (SSSR count). The highest BCUT2D eigenvalue weighted by atomic mass is 16.5. The van der Waals surface area contributed by atoms with Crippen molar-refractivity contribution in [1.82, 2.24) is 4.98 Å². The summed E-state index contributed by atoms with van der Waals surface area (Å²) >= 11 is 0. The molecular weight excluding hydrogens is 272 g/mol. The minimum absolute atomic E-state index is 0.183. The highest BCUT2D eigenvalue weighted by molar-refractivity contribution is 6.39. The lowest BCUT2D eigenvalue weighted by Crippen LogP contribution is -2.22. The van der Waals surface area contributed by atoms with E-state index in [0.29, 0.717) is 6.61 Å². The number of methoxy groups -OCH3 is 1. The van der Waals surface area contributed by atoms with Gasteiger partial charge in [0, 0.05) is 26.9 Å². The van der Waals surface area contributed by atoms with Gasteiger partial charge in [0.2, 0.25) is 0 Å². The molecule has 0 amide bonds. The number of hydrogen-bond donors (Lipinski definition) is 0. The van der Waals surface area contributed by atoms with Gasteiger partial charge in [0.15, 0.2) is 0 Å². The van der Waals surface area contributed by atoms with E-state index in [1.165, 1.54) is 12.2 Å². The molecule has 0 aromatic carbocycles. The third kappa shape index (κ3) is 5.74. The van der Waals surface area contributed by atoms with E-state index < -0.39 is 11.8 Å². The lowest BCUT2D eigenvalue weighted by atomic mass is 10.2. The zero-order chi connectivity index (χ0) is 15.7. The Labute approximate surface area is 124 Å². The lowest BCUT2D eigenvalue weighted by molar-refractivity contribution is -0.151. The van der Waals surface area contributed by atoms with Gasteiger partial charge in [0.1, 0.15) is 5.82 Å². The average molecular weight is 292 g/mol. The second kappa shape index (κ2) is 8.86. The molecule has 1 aromatic rings. The number of likely N-dealkylation sites (N-methyl/N-ethyl adjacent to an activating group) is 1. The predicted octanol–water partition coefficient (Wildman–Crippen LogP) is 1.31. The number of carbonyl (C=O) groups is 2. The minimum Gasteiger partial charge on any atom is -0.460 e. The molecule has 0 unspecified atom stereocenters. The average Bonchev–Trinajstić information content (AvgIpc) is 2.51. The molecule has 0 radical (unpaired) electrons. The van der Waals surface area contributed by atoms with Crippen LogP contribution < -0.4 is 4.90 Å². The van der Waals surface area contributed by atoms with E-state index in [4.69, 9.17) is 4.74 Å². The van der Waals surface area contributed by atoms with Gasteiger partial charge in [-0.05, 0) is 36.8 Å². The number of rotatable bonds is 8. The van der Waals surface area contributed by atoms with Gasteiger partial charge in [-0.2, -0.15) is 0 Å². The van der Waals surface area contributed by atoms with Crippen LogP contribution in [0.4, 0.5) is 5.82 Å². The Kier molecular flexibility index (Phi) is 7.11. The highest BCUT2D eigenvalue weighted by Gasteiger charge is 2.10. The van der Waals surface area contributed by atoms with Crippen LogP contribution >= 0.6 is 0 Å². The maximum atomic E-state index is 11.4. The number of ether oxygens (including phenoxy) is 2. The van der Waals surface area contributed by atoms with Crippen molar-refractivity contribution in [2.24, 2.45) is 0 Å². The summed E-state index contributed by atoms with van der Waals surface area (Å²) in [5, 5.41) is 0. The number of carbonyl (C=O) groups excluding carboxylic acids is 2. The highest BCUT2D eigenvalue weighted by Crippen LogP contribution is 2.10. The van der Waals surface area contributed by atoms with Crippen molar-refractivity contribution >= 4 is 23.6 Å². The summed E-state index contributed by atoms with van der Waals surface area (Å²) in [6, 6.07) is 3.66. The molecule has 21 heavy (non-hydrogen) atoms. The smallest absolute Gasteiger partial charge is 0.379 e. The molecule has 0 aliphatic heterocycles. The molecule has 6 heteroatoms. The standard InChI is InChI=1S/C15H20N2O4/c1-4-21-15(19)13(18)7-5-12-6-8-14(16-11-12)17(2)9-10-20-3/h5-8,11H,4,9-10H2,1-3H3/b7-5+. The van der Waals surface area contributed by atoms with Crippen LogP contribution in [-0.2, 0) is 19.1 Å². The van der Waals surface area contributed by atoms with Gasteiger partial charge in [-0.25, -0.2) is 9.78 Å². The summed E-state index contributed by atoms with van der Waals surface area (Å²) in [5.74, 6) is -0.725. The second-order valence-corrected chi connectivity index (χ2v) is 4.28. The van der Waals surface area contributed by atoms with Crippen LogP contribution in [-0.4, -0.2) is 50.7 Å². The van der Waals surface area contributed by atoms with Gasteiger partial charge >= 0.3 is 5.97 Å². The molecule has 114 valence electrons. The van der Waals surface area contributed by atoms with Crippen molar-refractivity contribution in [3.8, 4) is 0 Å². The van der Waals surface area contributed by atoms with E-state index in [0.717, 1.165) is 17.9 Å². The number of nitrogens with zero attached hydrogens (tertiary/aromatic N) is 2. The summed E-state index contributed by atoms with van der Waals surface area (Å²) < 4.78 is 9.61. The lowest BCUT2D eigenvalue weighted by Gasteiger charge is -2.17. The fourth-order valence-corrected chi connectivity index (χ4v) is 1.51. The molecule has 0 bridgehead atoms. The van der Waals surface area contributed by atoms with Gasteiger partial charge in [-0.1, -0.05) is 0 Å². The molecule has 0 aliphatic rings. The van der Waals surface area contributed by atoms with Crippen LogP contribution in [0.5, 0.6) is 0 Å². The van der Waals surface area contributed by atoms with Crippen LogP contribution in [0.15, 0.2) is 24.4 Å². The van der Waals surface area contributed by atoms with Crippen molar-refractivity contribution in [3.05, 3.63) is 30.0 Å². The first-order valence-electron chi connectivity index (χ1n) is 6.63. The zero-order valence-corrected chi connectivity index (χ0v) is 12.5. The van der Waals surface area contributed by atoms with Gasteiger partial charge in [-0.15, -0.1) is 0 Å². The van der Waals surface area contributed by atoms with Gasteiger partial charge in [0.05, 0.1) is 13.2 Å². The van der Waals surface area contributed by atoms with Crippen molar-refractivity contribution < 1.29 is 19.1 Å². The number of anilines is 1. The molecule has 0 saturated carbocycles. The zero-order valence-electron chi connectivity index (χ0n) is 12.5. The summed E-state index contributed by atoms with van der Waals surface area (Å²) in [7, 11) is 3.57. The van der Waals surface area contributed by atoms with E-state index in [-0.39, 0.29) is 6.61 Å². The van der Waals surface area contributed by atoms with E-state index in [9.17, 15) is 9.59 Å². The predicted molar refractivity (Wildman–Crippen MR) is 80.1 cm³/mol. The Morgan fingerprint density at radius 3 is 2.71 bits per heavy atom. The molecule has 0 fully saturated rings. The first kappa shape index (κ1) is 16.8. The Morgan fingerprint density at radius 2 is 2.14 bits per heavy atom. The Hall–Kier alpha value is -2.21. The number of aromatic nitrogens is 1. The van der Waals surface area contributed by atoms with E-state index in [2.05, 4.69) is 9.72 Å². The summed E-state index contributed by atoms with van der Waals surface area (Å²) in [4.78, 5) is 28.8. The minimum atomic E-state index is -0.849. The second-order valence-electron chi connectivity index (χ2n) is 4.28. The van der Waals surface area contributed by atoms with Crippen molar-refractivity contribution in [3.63, 3.8) is 0 Å². The summed E-state index contributed by atoms with van der Waals surface area (Å²) in [6.07, 6.45) is 4.35. The molecule has 0 spiro atoms. The van der Waals surface area contributed by atoms with Crippen molar-refractivity contribution in [2.75, 3.05) is 38.8 Å². The molecule has 0 atom stereocenters. The monoisotopic (exact) mass is 292 g/mol.